The molecule has 7 aliphatic heterocycles. The van der Waals surface area contributed by atoms with E-state index in [2.05, 4.69) is 37.2 Å². The van der Waals surface area contributed by atoms with Crippen molar-refractivity contribution in [1.29, 1.82) is 0 Å². The standard InChI is InChI=1S/C86H95Cl2N9O28S/c1-38(2)24-54(97(6)85(117)119-37-41-12-8-7-9-13-41)78(110)95-68-70(104)44-17-20-57(51(87)27-44)121-59-29-46-30-60(74(59)125-84-75(73(107)72(106)61(36-98)123-84)124-63-34-86(5,76(108)39(3)120-63)90-35-42-14-10-15-48(25-42)118-22-11-23-126-40(4)99)122-58-21-18-45(28-52(58)88)71(105)69-82(114)94-67(83(115)116)50-31-47(100)32-56(102)64(50)49-26-43(16-19-55(49)101)65(79(111)96-69)93-80(112)66(46)92-77(109)53(33-62(89)103)91-81(68)113/h7-10,12-21,25-32,38-39,53-54,61,63,65-73,75-76,84,90,98,100-102,104-108H,11,22-24,33-37H2,1-6H3,(H2,89,103)(H,91,113)(H,92,109)(H,93,112)(H,94,114)(H,95,110)(H,96,111)(H,115,116)/t39-,53-,54+,61+,63-,65+,66+,67-,68+,69-,70+,71+,72+,73-,75+,76+,84-,86-/m0/s1. The zero-order chi connectivity index (χ0) is 91.0. The minimum atomic E-state index is -2.43. The summed E-state index contributed by atoms with van der Waals surface area (Å²) in [6.07, 6.45) is -20.0. The van der Waals surface area contributed by atoms with Crippen LogP contribution in [0, 0.1) is 5.92 Å². The highest BCUT2D eigenvalue weighted by atomic mass is 35.5. The van der Waals surface area contributed by atoms with Gasteiger partial charge in [0.2, 0.25) is 53.4 Å². The summed E-state index contributed by atoms with van der Waals surface area (Å²) in [5.41, 5.74) is 2.74. The summed E-state index contributed by atoms with van der Waals surface area (Å²) in [7, 11) is 1.26. The number of fused-ring (bicyclic) bond motifs is 15. The molecule has 18 atom stereocenters. The monoisotopic (exact) mass is 1800 g/mol. The van der Waals surface area contributed by atoms with Crippen LogP contribution in [0.2, 0.25) is 10.0 Å². The molecule has 7 aliphatic rings. The van der Waals surface area contributed by atoms with E-state index in [0.29, 0.717) is 30.1 Å². The molecule has 40 heteroatoms. The molecule has 7 heterocycles. The molecule has 0 saturated carbocycles. The smallest absolute Gasteiger partial charge is 0.410 e. The number of benzene rings is 7. The van der Waals surface area contributed by atoms with Crippen molar-refractivity contribution in [3.05, 3.63) is 182 Å². The number of carboxylic acid groups (broad SMARTS) is 1. The lowest BCUT2D eigenvalue weighted by atomic mass is 9.84. The number of thioether (sulfide) groups is 1. The maximum atomic E-state index is 16.4. The number of phenolic OH excluding ortho intramolecular Hbond substituents is 3. The fraction of sp³-hybridized carbons (Fsp3) is 0.395. The maximum Gasteiger partial charge on any atom is 0.410 e. The third kappa shape index (κ3) is 21.7. The van der Waals surface area contributed by atoms with E-state index in [-0.39, 0.29) is 48.2 Å². The average Bonchev–Trinajstić information content (AvgIpc) is 0.765. The summed E-state index contributed by atoms with van der Waals surface area (Å²) >= 11 is 15.6. The topological polar surface area (TPSA) is 560 Å². The average molecular weight is 1810 g/mol. The van der Waals surface area contributed by atoms with Crippen molar-refractivity contribution in [3.8, 4) is 62.9 Å². The molecule has 2 saturated heterocycles. The van der Waals surface area contributed by atoms with Gasteiger partial charge in [0.25, 0.3) is 0 Å². The summed E-state index contributed by atoms with van der Waals surface area (Å²) in [6.45, 7) is 7.36. The van der Waals surface area contributed by atoms with Crippen LogP contribution in [0.25, 0.3) is 11.1 Å². The Morgan fingerprint density at radius 2 is 1.34 bits per heavy atom. The van der Waals surface area contributed by atoms with Crippen molar-refractivity contribution in [2.75, 3.05) is 26.0 Å². The number of carboxylic acids is 1. The molecule has 0 aliphatic carbocycles. The number of primary amides is 1. The van der Waals surface area contributed by atoms with Gasteiger partial charge in [-0.2, -0.15) is 0 Å². The fourth-order valence-corrected chi connectivity index (χ4v) is 16.2. The van der Waals surface area contributed by atoms with Gasteiger partial charge in [0.05, 0.1) is 41.9 Å². The third-order valence-corrected chi connectivity index (χ3v) is 23.3. The van der Waals surface area contributed by atoms with E-state index < -0.39 is 260 Å². The highest BCUT2D eigenvalue weighted by Crippen LogP contribution is 2.50. The largest absolute Gasteiger partial charge is 0.508 e. The number of carbonyl (C=O) groups is 10. The van der Waals surface area contributed by atoms with Crippen LogP contribution in [0.3, 0.4) is 0 Å². The minimum absolute atomic E-state index is 0.0228. The van der Waals surface area contributed by atoms with E-state index in [1.165, 1.54) is 31.8 Å². The van der Waals surface area contributed by atoms with E-state index in [4.69, 9.17) is 66.8 Å². The van der Waals surface area contributed by atoms with Crippen molar-refractivity contribution >= 4 is 93.5 Å². The number of aliphatic carboxylic acids is 1. The summed E-state index contributed by atoms with van der Waals surface area (Å²) < 4.78 is 51.1. The Balaban J connectivity index is 1.02. The van der Waals surface area contributed by atoms with Crippen LogP contribution < -0.4 is 61.9 Å². The number of halogens is 2. The van der Waals surface area contributed by atoms with Gasteiger partial charge in [-0.05, 0) is 133 Å². The second-order valence-electron chi connectivity index (χ2n) is 31.5. The van der Waals surface area contributed by atoms with Crippen LogP contribution in [0.15, 0.2) is 133 Å². The maximum absolute atomic E-state index is 16.4. The van der Waals surface area contributed by atoms with Crippen LogP contribution >= 0.6 is 35.0 Å². The first-order valence-electron chi connectivity index (χ1n) is 39.9. The minimum Gasteiger partial charge on any atom is -0.508 e. The molecule has 37 nitrogen and oxygen atoms in total. The van der Waals surface area contributed by atoms with Gasteiger partial charge in [-0.1, -0.05) is 109 Å². The van der Waals surface area contributed by atoms with Crippen molar-refractivity contribution in [2.45, 2.75) is 183 Å². The van der Waals surface area contributed by atoms with Crippen molar-refractivity contribution in [1.82, 2.24) is 42.1 Å². The van der Waals surface area contributed by atoms with Crippen LogP contribution in [0.1, 0.15) is 130 Å². The lowest BCUT2D eigenvalue weighted by Gasteiger charge is -2.48. The predicted octanol–water partition coefficient (Wildman–Crippen LogP) is 5.04. The molecule has 0 aromatic heterocycles. The molecule has 0 spiro atoms. The second kappa shape index (κ2) is 40.3. The number of nitrogens with zero attached hydrogens (tertiary/aromatic N) is 1. The molecule has 14 rings (SSSR count). The van der Waals surface area contributed by atoms with Crippen LogP contribution in [-0.2, 0) is 75.2 Å². The van der Waals surface area contributed by atoms with Gasteiger partial charge in [0.1, 0.15) is 108 Å². The van der Waals surface area contributed by atoms with Gasteiger partial charge in [-0.15, -0.1) is 0 Å². The number of aromatic hydroxyl groups is 3. The number of carbonyl (C=O) groups excluding carboxylic acids is 9. The predicted molar refractivity (Wildman–Crippen MR) is 447 cm³/mol. The number of nitrogens with one attached hydrogen (secondary N) is 7. The van der Waals surface area contributed by atoms with Crippen molar-refractivity contribution < 1.29 is 137 Å². The lowest BCUT2D eigenvalue weighted by Crippen LogP contribution is -2.65. The quantitative estimate of drug-likeness (QED) is 0.0373. The number of hydrogen-bond donors (Lipinski definition) is 18. The van der Waals surface area contributed by atoms with Gasteiger partial charge in [0.15, 0.2) is 35.1 Å². The number of aliphatic hydroxyl groups excluding tert-OH is 6. The molecule has 0 radical (unpaired) electrons. The lowest BCUT2D eigenvalue weighted by molar-refractivity contribution is -0.334. The normalized spacial score (nSPS) is 25.8. The van der Waals surface area contributed by atoms with Crippen LogP contribution in [0.5, 0.6) is 51.7 Å². The molecule has 0 unspecified atom stereocenters. The molecular weight excluding hydrogens is 1710 g/mol. The molecule has 672 valence electrons. The van der Waals surface area contributed by atoms with Gasteiger partial charge in [0, 0.05) is 61.0 Å². The van der Waals surface area contributed by atoms with Crippen LogP contribution in [0.4, 0.5) is 4.79 Å². The van der Waals surface area contributed by atoms with Crippen molar-refractivity contribution in [3.63, 3.8) is 0 Å². The van der Waals surface area contributed by atoms with Gasteiger partial charge in [-0.25, -0.2) is 9.59 Å². The summed E-state index contributed by atoms with van der Waals surface area (Å²) in [6, 6.07) is 13.8. The summed E-state index contributed by atoms with van der Waals surface area (Å²) in [5, 5.41) is 134. The van der Waals surface area contributed by atoms with Crippen LogP contribution in [-0.4, -0.2) is 219 Å². The molecule has 8 amide bonds. The Bertz CT molecular complexity index is 5270. The van der Waals surface area contributed by atoms with E-state index in [0.717, 1.165) is 83.3 Å². The number of amides is 8. The molecule has 19 N–H and O–H groups in total. The SMILES string of the molecule is CC(=O)SCCCOc1cccc(CN[C@@]2(C)C[C@H](O[C@H]3[C@H](Oc4c5cc6cc4Oc4ccc(cc4Cl)[C@@H](O)[C@@H](NC(=O)[C@@H](CC(C)C)N(C)C(=O)OCc4ccccc4)C(=O)N[C@@H](CC(N)=O)C(=O)N[C@H]6C(=O)N[C@H]4C(=O)N[C@H](C(=O)N[C@H](C(=O)O)c6cc(O)cc(O)c6-c6cc4ccc6O)[C@H](O)c4ccc(c(Cl)c4)O5)O[C@H](CO)[C@@H](O)[C@@H]3O)O[C@@H](C)[C@H]2O)c1. The highest BCUT2D eigenvalue weighted by molar-refractivity contribution is 8.13. The zero-order valence-corrected chi connectivity index (χ0v) is 70.8. The number of hydrogen-bond acceptors (Lipinski definition) is 29. The van der Waals surface area contributed by atoms with E-state index in [1.807, 2.05) is 6.07 Å². The Labute approximate surface area is 734 Å². The van der Waals surface area contributed by atoms with E-state index in [1.54, 1.807) is 76.2 Å². The number of nitrogens with two attached hydrogens (primary N) is 1. The number of aliphatic hydroxyl groups is 6. The Kier molecular flexibility index (Phi) is 29.9. The molecular formula is C86H95Cl2N9O28S. The molecule has 126 heavy (non-hydrogen) atoms. The van der Waals surface area contributed by atoms with E-state index >= 15 is 24.0 Å². The summed E-state index contributed by atoms with van der Waals surface area (Å²) in [4.78, 5) is 146. The van der Waals surface area contributed by atoms with E-state index in [9.17, 15) is 75.0 Å². The Morgan fingerprint density at radius 3 is 1.98 bits per heavy atom. The number of ether oxygens (including phenoxy) is 8. The summed E-state index contributed by atoms with van der Waals surface area (Å²) in [5.74, 6) is -16.1. The second-order valence-corrected chi connectivity index (χ2v) is 33.6. The Hall–Kier alpha value is -11.6. The number of rotatable bonds is 23. The first-order valence-corrected chi connectivity index (χ1v) is 41.6. The first kappa shape index (κ1) is 93.5. The highest BCUT2D eigenvalue weighted by Gasteiger charge is 2.53. The molecule has 2 fully saturated rings. The third-order valence-electron chi connectivity index (χ3n) is 21.8. The van der Waals surface area contributed by atoms with Gasteiger partial charge in [-0.3, -0.25) is 43.3 Å². The number of likely N-dealkylation sites (N-methyl/N-ethyl adjacent to an activating group) is 1. The fourth-order valence-electron chi connectivity index (χ4n) is 15.2. The Morgan fingerprint density at radius 1 is 0.698 bits per heavy atom. The molecule has 11 bridgehead atoms. The van der Waals surface area contributed by atoms with Crippen molar-refractivity contribution in [2.24, 2.45) is 11.7 Å². The number of phenols is 3. The first-order chi connectivity index (χ1) is 59.9. The van der Waals surface area contributed by atoms with Gasteiger partial charge >= 0.3 is 12.1 Å². The molecule has 7 aromatic carbocycles. The van der Waals surface area contributed by atoms with Gasteiger partial charge < -0.3 is 132 Å². The molecule has 7 aromatic rings. The zero-order valence-electron chi connectivity index (χ0n) is 68.5.